The molecule has 0 atom stereocenters. The predicted molar refractivity (Wildman–Crippen MR) is 189 cm³/mol. The minimum atomic E-state index is -0.0609. The first-order valence-electron chi connectivity index (χ1n) is 19.1. The zero-order valence-electron chi connectivity index (χ0n) is 29.1. The topological polar surface area (TPSA) is 52.6 Å². The first kappa shape index (κ1) is 42.3. The Morgan fingerprint density at radius 1 is 0.372 bits per heavy atom. The van der Waals surface area contributed by atoms with E-state index in [1.165, 1.54) is 154 Å². The highest BCUT2D eigenvalue weighted by atomic mass is 32.2. The van der Waals surface area contributed by atoms with Gasteiger partial charge < -0.3 is 9.47 Å². The molecule has 4 nitrogen and oxygen atoms in total. The van der Waals surface area contributed by atoms with E-state index in [4.69, 9.17) is 9.47 Å². The van der Waals surface area contributed by atoms with Gasteiger partial charge in [-0.05, 0) is 37.2 Å². The van der Waals surface area contributed by atoms with Crippen molar-refractivity contribution in [3.8, 4) is 0 Å². The monoisotopic (exact) mass is 627 g/mol. The second-order valence-electron chi connectivity index (χ2n) is 12.7. The quantitative estimate of drug-likeness (QED) is 0.0511. The highest BCUT2D eigenvalue weighted by Crippen LogP contribution is 2.15. The molecule has 0 unspecified atom stereocenters. The number of hydrogen-bond donors (Lipinski definition) is 0. The van der Waals surface area contributed by atoms with Crippen molar-refractivity contribution in [2.75, 3.05) is 24.7 Å². The van der Waals surface area contributed by atoms with Crippen LogP contribution in [0.4, 0.5) is 0 Å². The molecule has 0 heterocycles. The molecule has 0 saturated heterocycles. The molecule has 0 aliphatic carbocycles. The number of carbonyl (C=O) groups is 2. The van der Waals surface area contributed by atoms with Gasteiger partial charge in [0.25, 0.3) is 0 Å². The van der Waals surface area contributed by atoms with Gasteiger partial charge in [-0.25, -0.2) is 0 Å². The van der Waals surface area contributed by atoms with Crippen molar-refractivity contribution in [3.63, 3.8) is 0 Å². The summed E-state index contributed by atoms with van der Waals surface area (Å²) in [6.07, 6.45) is 37.3. The lowest BCUT2D eigenvalue weighted by atomic mass is 10.0. The summed E-state index contributed by atoms with van der Waals surface area (Å²) in [5, 5.41) is 0. The van der Waals surface area contributed by atoms with E-state index in [0.717, 1.165) is 37.2 Å². The van der Waals surface area contributed by atoms with E-state index in [-0.39, 0.29) is 11.9 Å². The van der Waals surface area contributed by atoms with Crippen LogP contribution in [0.25, 0.3) is 0 Å². The number of esters is 2. The summed E-state index contributed by atoms with van der Waals surface area (Å²) < 4.78 is 10.8. The minimum Gasteiger partial charge on any atom is -0.466 e. The number of rotatable bonds is 36. The second-order valence-corrected chi connectivity index (χ2v) is 14.0. The summed E-state index contributed by atoms with van der Waals surface area (Å²) in [7, 11) is 0. The molecule has 0 aromatic heterocycles. The zero-order chi connectivity index (χ0) is 31.3. The van der Waals surface area contributed by atoms with Gasteiger partial charge in [-0.1, -0.05) is 168 Å². The van der Waals surface area contributed by atoms with Gasteiger partial charge in [0.2, 0.25) is 0 Å². The van der Waals surface area contributed by atoms with Crippen LogP contribution in [0.15, 0.2) is 0 Å². The van der Waals surface area contributed by atoms with Crippen molar-refractivity contribution >= 4 is 23.7 Å². The first-order valence-corrected chi connectivity index (χ1v) is 20.2. The van der Waals surface area contributed by atoms with Crippen molar-refractivity contribution < 1.29 is 19.1 Å². The van der Waals surface area contributed by atoms with Crippen LogP contribution in [-0.2, 0) is 19.1 Å². The van der Waals surface area contributed by atoms with Crippen LogP contribution in [0.2, 0.25) is 0 Å². The molecule has 0 radical (unpaired) electrons. The summed E-state index contributed by atoms with van der Waals surface area (Å²) in [5.41, 5.74) is 0. The van der Waals surface area contributed by atoms with Crippen LogP contribution in [0.1, 0.15) is 206 Å². The summed E-state index contributed by atoms with van der Waals surface area (Å²) >= 11 is 1.82. The molecule has 0 spiro atoms. The van der Waals surface area contributed by atoms with Crippen molar-refractivity contribution in [3.05, 3.63) is 0 Å². The van der Waals surface area contributed by atoms with Gasteiger partial charge in [-0.15, -0.1) is 0 Å². The van der Waals surface area contributed by atoms with Crippen molar-refractivity contribution in [2.24, 2.45) is 0 Å². The molecule has 0 amide bonds. The fourth-order valence-corrected chi connectivity index (χ4v) is 6.40. The molecule has 256 valence electrons. The summed E-state index contributed by atoms with van der Waals surface area (Å²) in [4.78, 5) is 23.8. The minimum absolute atomic E-state index is 0.0582. The van der Waals surface area contributed by atoms with Gasteiger partial charge in [0.15, 0.2) is 0 Å². The number of ether oxygens (including phenoxy) is 2. The van der Waals surface area contributed by atoms with E-state index in [2.05, 4.69) is 13.8 Å². The normalized spacial score (nSPS) is 11.2. The smallest absolute Gasteiger partial charge is 0.305 e. The van der Waals surface area contributed by atoms with E-state index in [0.29, 0.717) is 26.1 Å². The fourth-order valence-electron chi connectivity index (χ4n) is 5.50. The predicted octanol–water partition coefficient (Wildman–Crippen LogP) is 12.5. The number of carbonyl (C=O) groups excluding carboxylic acids is 2. The maximum atomic E-state index is 11.9. The SMILES string of the molecule is CCCCCCCCCCCCCCCCCCOC(=O)CCCSCCCC(=O)OCCCCCCCCCCCC. The molecule has 0 N–H and O–H groups in total. The van der Waals surface area contributed by atoms with Crippen molar-refractivity contribution in [1.82, 2.24) is 0 Å². The molecule has 43 heavy (non-hydrogen) atoms. The molecule has 0 aliphatic rings. The van der Waals surface area contributed by atoms with Crippen LogP contribution < -0.4 is 0 Å². The third-order valence-corrected chi connectivity index (χ3v) is 9.52. The van der Waals surface area contributed by atoms with Gasteiger partial charge in [0.05, 0.1) is 13.2 Å². The fraction of sp³-hybridized carbons (Fsp3) is 0.947. The van der Waals surface area contributed by atoms with Crippen LogP contribution in [-0.4, -0.2) is 36.7 Å². The summed E-state index contributed by atoms with van der Waals surface area (Å²) in [6.45, 7) is 5.69. The number of thioether (sulfide) groups is 1. The molecule has 0 rings (SSSR count). The van der Waals surface area contributed by atoms with Gasteiger partial charge in [0.1, 0.15) is 0 Å². The van der Waals surface area contributed by atoms with Gasteiger partial charge in [-0.3, -0.25) is 9.59 Å². The second kappa shape index (κ2) is 37.5. The van der Waals surface area contributed by atoms with Crippen LogP contribution in [0.5, 0.6) is 0 Å². The van der Waals surface area contributed by atoms with Crippen LogP contribution in [0.3, 0.4) is 0 Å². The molecule has 0 aromatic rings. The standard InChI is InChI=1S/C38H74O4S/c1-3-5-7-9-11-13-15-16-17-18-19-20-22-24-26-28-34-42-38(40)32-30-36-43-35-29-31-37(39)41-33-27-25-23-21-14-12-10-8-6-4-2/h3-36H2,1-2H3. The molecule has 0 aromatic carbocycles. The Labute approximate surface area is 273 Å². The lowest BCUT2D eigenvalue weighted by molar-refractivity contribution is -0.144. The number of unbranched alkanes of at least 4 members (excludes halogenated alkanes) is 24. The Balaban J connectivity index is 3.24. The zero-order valence-corrected chi connectivity index (χ0v) is 29.9. The lowest BCUT2D eigenvalue weighted by Gasteiger charge is -2.06. The van der Waals surface area contributed by atoms with Crippen LogP contribution >= 0.6 is 11.8 Å². The molecule has 0 fully saturated rings. The third kappa shape index (κ3) is 37.4. The highest BCUT2D eigenvalue weighted by Gasteiger charge is 2.05. The van der Waals surface area contributed by atoms with E-state index >= 15 is 0 Å². The highest BCUT2D eigenvalue weighted by molar-refractivity contribution is 7.99. The average molecular weight is 627 g/mol. The Bertz CT molecular complexity index is 568. The van der Waals surface area contributed by atoms with E-state index in [1.807, 2.05) is 11.8 Å². The summed E-state index contributed by atoms with van der Waals surface area (Å²) in [5.74, 6) is 1.77. The van der Waals surface area contributed by atoms with E-state index < -0.39 is 0 Å². The maximum Gasteiger partial charge on any atom is 0.305 e. The van der Waals surface area contributed by atoms with Crippen molar-refractivity contribution in [2.45, 2.75) is 206 Å². The molecule has 0 aliphatic heterocycles. The molecular formula is C38H74O4S. The Morgan fingerprint density at radius 2 is 0.628 bits per heavy atom. The molecule has 0 saturated carbocycles. The van der Waals surface area contributed by atoms with Crippen molar-refractivity contribution in [1.29, 1.82) is 0 Å². The largest absolute Gasteiger partial charge is 0.466 e. The van der Waals surface area contributed by atoms with Crippen LogP contribution in [0, 0.1) is 0 Å². The third-order valence-electron chi connectivity index (χ3n) is 8.36. The molecule has 5 heteroatoms. The van der Waals surface area contributed by atoms with E-state index in [1.54, 1.807) is 0 Å². The van der Waals surface area contributed by atoms with E-state index in [9.17, 15) is 9.59 Å². The molecular weight excluding hydrogens is 552 g/mol. The van der Waals surface area contributed by atoms with Gasteiger partial charge in [0, 0.05) is 12.8 Å². The van der Waals surface area contributed by atoms with Gasteiger partial charge in [-0.2, -0.15) is 11.8 Å². The summed E-state index contributed by atoms with van der Waals surface area (Å²) in [6, 6.07) is 0. The lowest BCUT2D eigenvalue weighted by Crippen LogP contribution is -2.07. The average Bonchev–Trinajstić information content (AvgIpc) is 3.01. The Morgan fingerprint density at radius 3 is 0.907 bits per heavy atom. The van der Waals surface area contributed by atoms with Gasteiger partial charge >= 0.3 is 11.9 Å². The maximum absolute atomic E-state index is 11.9. The Kier molecular flexibility index (Phi) is 36.9. The Hall–Kier alpha value is -0.710. The number of hydrogen-bond acceptors (Lipinski definition) is 5. The molecule has 0 bridgehead atoms. The first-order chi connectivity index (χ1) is 21.2.